The molecule has 0 spiro atoms. The number of halogens is 1. The molecule has 3 aromatic rings. The normalized spacial score (nSPS) is 14.4. The molecule has 1 aliphatic rings. The molecule has 1 aromatic heterocycles. The summed E-state index contributed by atoms with van der Waals surface area (Å²) in [5.74, 6) is -0.383. The van der Waals surface area contributed by atoms with Gasteiger partial charge in [0.1, 0.15) is 12.6 Å². The molecule has 4 rings (SSSR count). The van der Waals surface area contributed by atoms with Crippen molar-refractivity contribution >= 4 is 40.4 Å². The molecule has 202 valence electrons. The molecule has 1 fully saturated rings. The lowest BCUT2D eigenvalue weighted by molar-refractivity contribution is -0.137. The van der Waals surface area contributed by atoms with Gasteiger partial charge in [0.05, 0.1) is 0 Å². The highest BCUT2D eigenvalue weighted by Crippen LogP contribution is 2.22. The van der Waals surface area contributed by atoms with Crippen LogP contribution in [0.2, 0.25) is 5.02 Å². The monoisotopic (exact) mass is 554 g/mol. The van der Waals surface area contributed by atoms with Crippen molar-refractivity contribution in [3.8, 4) is 0 Å². The fourth-order valence-electron chi connectivity index (χ4n) is 4.67. The summed E-state index contributed by atoms with van der Waals surface area (Å²) in [6.07, 6.45) is 1.42. The largest absolute Gasteiger partial charge is 0.375 e. The lowest BCUT2D eigenvalue weighted by atomic mass is 10.0. The molecule has 0 bridgehead atoms. The van der Waals surface area contributed by atoms with E-state index in [2.05, 4.69) is 57.3 Å². The molecule has 2 amide bonds. The molecule has 1 saturated heterocycles. The number of benzene rings is 2. The van der Waals surface area contributed by atoms with Crippen LogP contribution in [0.4, 0.5) is 5.69 Å². The molecule has 0 unspecified atom stereocenters. The fraction of sp³-hybridized carbons (Fsp3) is 0.379. The number of methoxy groups -OCH3 is 1. The number of nitrogens with one attached hydrogen (secondary N) is 2. The summed E-state index contributed by atoms with van der Waals surface area (Å²) in [5.41, 5.74) is 3.39. The predicted molar refractivity (Wildman–Crippen MR) is 154 cm³/mol. The first-order valence-electron chi connectivity index (χ1n) is 12.9. The van der Waals surface area contributed by atoms with Crippen LogP contribution >= 0.6 is 22.9 Å². The van der Waals surface area contributed by atoms with Gasteiger partial charge in [-0.3, -0.25) is 9.59 Å². The molecule has 0 aliphatic carbocycles. The number of thiophene rings is 1. The van der Waals surface area contributed by atoms with Gasteiger partial charge in [0.15, 0.2) is 0 Å². The summed E-state index contributed by atoms with van der Waals surface area (Å²) in [7, 11) is 1.46. The van der Waals surface area contributed by atoms with Crippen molar-refractivity contribution < 1.29 is 14.3 Å². The van der Waals surface area contributed by atoms with Crippen LogP contribution in [0.15, 0.2) is 66.0 Å². The summed E-state index contributed by atoms with van der Waals surface area (Å²) in [6, 6.07) is 19.4. The zero-order valence-electron chi connectivity index (χ0n) is 21.7. The van der Waals surface area contributed by atoms with Gasteiger partial charge >= 0.3 is 0 Å². The third-order valence-electron chi connectivity index (χ3n) is 6.63. The van der Waals surface area contributed by atoms with Gasteiger partial charge in [0, 0.05) is 68.4 Å². The molecular formula is C29H35ClN4O3S. The maximum atomic E-state index is 13.5. The minimum atomic E-state index is -0.662. The second kappa shape index (κ2) is 14.3. The molecule has 0 saturated carbocycles. The average Bonchev–Trinajstić information content (AvgIpc) is 3.46. The summed E-state index contributed by atoms with van der Waals surface area (Å²) in [4.78, 5) is 31.4. The Labute approximate surface area is 233 Å². The summed E-state index contributed by atoms with van der Waals surface area (Å²) < 4.78 is 4.96. The SMILES string of the molecule is COCC(=O)N[C@H](Cc1ccc(Cl)cc1)C(=O)N1CCN(c2ccccc2CNCCc2cccs2)CC1. The molecule has 1 atom stereocenters. The number of amides is 2. The maximum absolute atomic E-state index is 13.5. The second-order valence-electron chi connectivity index (χ2n) is 9.33. The van der Waals surface area contributed by atoms with E-state index in [4.69, 9.17) is 16.3 Å². The van der Waals surface area contributed by atoms with E-state index in [1.807, 2.05) is 17.0 Å². The molecule has 2 heterocycles. The van der Waals surface area contributed by atoms with Crippen LogP contribution < -0.4 is 15.5 Å². The Bertz CT molecular complexity index is 1160. The average molecular weight is 555 g/mol. The summed E-state index contributed by atoms with van der Waals surface area (Å²) in [5, 5.41) is 9.18. The van der Waals surface area contributed by atoms with Crippen LogP contribution in [-0.2, 0) is 33.7 Å². The molecule has 2 aromatic carbocycles. The molecule has 38 heavy (non-hydrogen) atoms. The van der Waals surface area contributed by atoms with Gasteiger partial charge in [-0.2, -0.15) is 0 Å². The van der Waals surface area contributed by atoms with Crippen molar-refractivity contribution in [1.29, 1.82) is 0 Å². The first-order valence-corrected chi connectivity index (χ1v) is 14.2. The van der Waals surface area contributed by atoms with Gasteiger partial charge in [0.2, 0.25) is 11.8 Å². The Morgan fingerprint density at radius 1 is 1.03 bits per heavy atom. The van der Waals surface area contributed by atoms with Gasteiger partial charge < -0.3 is 25.2 Å². The van der Waals surface area contributed by atoms with Crippen molar-refractivity contribution in [3.63, 3.8) is 0 Å². The Kier molecular flexibility index (Phi) is 10.6. The molecule has 1 aliphatic heterocycles. The van der Waals surface area contributed by atoms with Gasteiger partial charge in [-0.25, -0.2) is 0 Å². The fourth-order valence-corrected chi connectivity index (χ4v) is 5.50. The lowest BCUT2D eigenvalue weighted by Gasteiger charge is -2.38. The Balaban J connectivity index is 1.34. The van der Waals surface area contributed by atoms with Crippen LogP contribution in [0, 0.1) is 0 Å². The van der Waals surface area contributed by atoms with E-state index in [0.717, 1.165) is 38.2 Å². The zero-order valence-corrected chi connectivity index (χ0v) is 23.3. The van der Waals surface area contributed by atoms with E-state index in [-0.39, 0.29) is 18.4 Å². The van der Waals surface area contributed by atoms with E-state index in [9.17, 15) is 9.59 Å². The lowest BCUT2D eigenvalue weighted by Crippen LogP contribution is -2.56. The standard InChI is InChI=1S/C29H35ClN4O3S/c1-37-21-28(35)32-26(19-22-8-10-24(30)11-9-22)29(36)34-16-14-33(15-17-34)27-7-3-2-5-23(27)20-31-13-12-25-6-4-18-38-25/h2-11,18,26,31H,12-17,19-21H2,1H3,(H,32,35)/t26-/m1/s1. The topological polar surface area (TPSA) is 73.9 Å². The quantitative estimate of drug-likeness (QED) is 0.334. The smallest absolute Gasteiger partial charge is 0.246 e. The minimum Gasteiger partial charge on any atom is -0.375 e. The van der Waals surface area contributed by atoms with E-state index < -0.39 is 6.04 Å². The van der Waals surface area contributed by atoms with Crippen LogP contribution in [-0.4, -0.2) is 69.2 Å². The number of carbonyl (C=O) groups excluding carboxylic acids is 2. The number of hydrogen-bond acceptors (Lipinski definition) is 6. The third-order valence-corrected chi connectivity index (χ3v) is 7.82. The number of hydrogen-bond donors (Lipinski definition) is 2. The molecule has 9 heteroatoms. The van der Waals surface area contributed by atoms with Gasteiger partial charge in [-0.1, -0.05) is 48.0 Å². The van der Waals surface area contributed by atoms with E-state index in [1.165, 1.54) is 23.2 Å². The van der Waals surface area contributed by atoms with Crippen molar-refractivity contribution in [3.05, 3.63) is 87.1 Å². The van der Waals surface area contributed by atoms with Crippen molar-refractivity contribution in [2.45, 2.75) is 25.4 Å². The highest BCUT2D eigenvalue weighted by atomic mass is 35.5. The second-order valence-corrected chi connectivity index (χ2v) is 10.8. The van der Waals surface area contributed by atoms with Crippen LogP contribution in [0.3, 0.4) is 0 Å². The van der Waals surface area contributed by atoms with Crippen molar-refractivity contribution in [2.24, 2.45) is 0 Å². The van der Waals surface area contributed by atoms with Crippen LogP contribution in [0.1, 0.15) is 16.0 Å². The number of ether oxygens (including phenoxy) is 1. The summed E-state index contributed by atoms with van der Waals surface area (Å²) in [6.45, 7) is 4.30. The Hall–Kier alpha value is -2.91. The first kappa shape index (κ1) is 28.1. The van der Waals surface area contributed by atoms with Gasteiger partial charge in [-0.15, -0.1) is 11.3 Å². The number of carbonyl (C=O) groups is 2. The van der Waals surface area contributed by atoms with Crippen LogP contribution in [0.5, 0.6) is 0 Å². The van der Waals surface area contributed by atoms with Crippen molar-refractivity contribution in [1.82, 2.24) is 15.5 Å². The minimum absolute atomic E-state index is 0.0763. The maximum Gasteiger partial charge on any atom is 0.246 e. The zero-order chi connectivity index (χ0) is 26.7. The van der Waals surface area contributed by atoms with Crippen LogP contribution in [0.25, 0.3) is 0 Å². The Morgan fingerprint density at radius 3 is 2.50 bits per heavy atom. The number of para-hydroxylation sites is 1. The molecular weight excluding hydrogens is 520 g/mol. The molecule has 0 radical (unpaired) electrons. The molecule has 7 nitrogen and oxygen atoms in total. The molecule has 2 N–H and O–H groups in total. The van der Waals surface area contributed by atoms with E-state index >= 15 is 0 Å². The number of nitrogens with zero attached hydrogens (tertiary/aromatic N) is 2. The van der Waals surface area contributed by atoms with E-state index in [1.54, 1.807) is 23.5 Å². The third kappa shape index (κ3) is 8.04. The number of anilines is 1. The predicted octanol–water partition coefficient (Wildman–Crippen LogP) is 3.76. The Morgan fingerprint density at radius 2 is 1.79 bits per heavy atom. The number of rotatable bonds is 12. The first-order chi connectivity index (χ1) is 18.5. The number of piperazine rings is 1. The summed E-state index contributed by atoms with van der Waals surface area (Å²) >= 11 is 7.81. The highest BCUT2D eigenvalue weighted by molar-refractivity contribution is 7.09. The highest BCUT2D eigenvalue weighted by Gasteiger charge is 2.29. The van der Waals surface area contributed by atoms with Gasteiger partial charge in [0.25, 0.3) is 0 Å². The van der Waals surface area contributed by atoms with E-state index in [0.29, 0.717) is 24.5 Å². The van der Waals surface area contributed by atoms with Crippen molar-refractivity contribution in [2.75, 3.05) is 51.3 Å². The van der Waals surface area contributed by atoms with Gasteiger partial charge in [-0.05, 0) is 47.2 Å².